The van der Waals surface area contributed by atoms with Crippen LogP contribution >= 0.6 is 0 Å². The maximum absolute atomic E-state index is 14.3. The number of carboxylic acids is 1. The average Bonchev–Trinajstić information content (AvgIpc) is 3.27. The molecule has 1 amide bonds. The lowest BCUT2D eigenvalue weighted by Crippen LogP contribution is -2.51. The van der Waals surface area contributed by atoms with Gasteiger partial charge in [-0.3, -0.25) is 4.79 Å². The summed E-state index contributed by atoms with van der Waals surface area (Å²) < 4.78 is 51.8. The summed E-state index contributed by atoms with van der Waals surface area (Å²) in [4.78, 5) is 28.8. The van der Waals surface area contributed by atoms with E-state index in [9.17, 15) is 27.9 Å². The van der Waals surface area contributed by atoms with Gasteiger partial charge in [0.1, 0.15) is 11.8 Å². The molecule has 2 heterocycles. The maximum atomic E-state index is 14.3. The van der Waals surface area contributed by atoms with E-state index in [-0.39, 0.29) is 29.9 Å². The topological polar surface area (TPSA) is 88.1 Å². The lowest BCUT2D eigenvalue weighted by Gasteiger charge is -2.37. The summed E-state index contributed by atoms with van der Waals surface area (Å²) in [6.07, 6.45) is -3.62. The zero-order chi connectivity index (χ0) is 30.1. The van der Waals surface area contributed by atoms with Gasteiger partial charge in [0, 0.05) is 30.7 Å². The Balaban J connectivity index is 1.82. The molecule has 0 radical (unpaired) electrons. The number of ether oxygens (including phenoxy) is 2. The minimum Gasteiger partial charge on any atom is -0.496 e. The van der Waals surface area contributed by atoms with Crippen LogP contribution in [0.2, 0.25) is 0 Å². The number of benzene rings is 2. The molecule has 6 atom stereocenters. The Morgan fingerprint density at radius 2 is 1.80 bits per heavy atom. The van der Waals surface area contributed by atoms with Gasteiger partial charge >= 0.3 is 12.1 Å². The number of hydrogen-bond acceptors (Lipinski definition) is 5. The van der Waals surface area contributed by atoms with E-state index in [2.05, 4.69) is 5.32 Å². The van der Waals surface area contributed by atoms with Crippen molar-refractivity contribution < 1.29 is 37.3 Å². The average molecular weight is 577 g/mol. The molecule has 0 spiro atoms. The number of carbonyl (C=O) groups is 2. The number of carboxylic acid groups (broad SMARTS) is 1. The van der Waals surface area contributed by atoms with Crippen molar-refractivity contribution in [2.75, 3.05) is 13.7 Å². The molecule has 7 nitrogen and oxygen atoms in total. The number of methoxy groups -OCH3 is 1. The van der Waals surface area contributed by atoms with Gasteiger partial charge in [0.2, 0.25) is 5.91 Å². The molecule has 2 aliphatic rings. The van der Waals surface area contributed by atoms with Crippen molar-refractivity contribution in [2.24, 2.45) is 17.3 Å². The van der Waals surface area contributed by atoms with E-state index in [0.717, 1.165) is 17.7 Å². The van der Waals surface area contributed by atoms with Crippen LogP contribution in [0.1, 0.15) is 63.3 Å². The number of carbonyl (C=O) groups excluding carboxylic acids is 1. The van der Waals surface area contributed by atoms with Crippen LogP contribution < -0.4 is 10.1 Å². The second kappa shape index (κ2) is 12.0. The van der Waals surface area contributed by atoms with E-state index < -0.39 is 53.1 Å². The van der Waals surface area contributed by atoms with Crippen molar-refractivity contribution in [2.45, 2.75) is 77.5 Å². The molecule has 0 aromatic heterocycles. The third kappa shape index (κ3) is 6.38. The molecule has 4 rings (SSSR count). The van der Waals surface area contributed by atoms with Gasteiger partial charge in [0.25, 0.3) is 0 Å². The first kappa shape index (κ1) is 30.8. The van der Waals surface area contributed by atoms with Crippen LogP contribution in [0, 0.1) is 17.3 Å². The molecule has 224 valence electrons. The zero-order valence-corrected chi connectivity index (χ0v) is 24.1. The number of aliphatic carboxylic acids is 1. The highest BCUT2D eigenvalue weighted by Gasteiger charge is 2.58. The number of nitrogens with one attached hydrogen (secondary N) is 1. The number of halogens is 3. The summed E-state index contributed by atoms with van der Waals surface area (Å²) in [5.74, 6) is -2.20. The van der Waals surface area contributed by atoms with Gasteiger partial charge in [0.15, 0.2) is 0 Å². The molecule has 2 aromatic rings. The largest absolute Gasteiger partial charge is 0.496 e. The van der Waals surface area contributed by atoms with Gasteiger partial charge in [-0.05, 0) is 48.9 Å². The Labute approximate surface area is 239 Å². The number of hydrogen-bond donors (Lipinski definition) is 2. The lowest BCUT2D eigenvalue weighted by atomic mass is 9.72. The lowest BCUT2D eigenvalue weighted by molar-refractivity contribution is -0.158. The quantitative estimate of drug-likeness (QED) is 0.441. The SMILES string of the molecule is COc1ccc(C(F)(F)F)cc1CN[C@@H]1[C@@H](C(C)(C)C)[C@H](C(=O)O)N(C(=O)[C@@H]2CCCO[C@@H]2C)[C@@H]1c1ccccc1. The van der Waals surface area contributed by atoms with E-state index in [1.807, 2.05) is 58.0 Å². The smallest absolute Gasteiger partial charge is 0.416 e. The Morgan fingerprint density at radius 1 is 1.12 bits per heavy atom. The van der Waals surface area contributed by atoms with E-state index in [0.29, 0.717) is 19.4 Å². The van der Waals surface area contributed by atoms with E-state index in [1.54, 1.807) is 0 Å². The molecule has 2 saturated heterocycles. The molecule has 0 saturated carbocycles. The van der Waals surface area contributed by atoms with Gasteiger partial charge < -0.3 is 24.8 Å². The van der Waals surface area contributed by atoms with Crippen molar-refractivity contribution in [3.05, 3.63) is 65.2 Å². The van der Waals surface area contributed by atoms with Gasteiger partial charge in [-0.15, -0.1) is 0 Å². The number of alkyl halides is 3. The van der Waals surface area contributed by atoms with Crippen molar-refractivity contribution in [1.29, 1.82) is 0 Å². The fourth-order valence-corrected chi connectivity index (χ4v) is 6.49. The van der Waals surface area contributed by atoms with Crippen molar-refractivity contribution in [3.63, 3.8) is 0 Å². The van der Waals surface area contributed by atoms with Gasteiger partial charge in [-0.25, -0.2) is 4.79 Å². The second-order valence-electron chi connectivity index (χ2n) is 12.0. The Hall–Kier alpha value is -3.11. The minimum absolute atomic E-state index is 0.0228. The molecule has 10 heteroatoms. The molecule has 2 N–H and O–H groups in total. The van der Waals surface area contributed by atoms with E-state index in [1.165, 1.54) is 18.1 Å². The Morgan fingerprint density at radius 3 is 2.37 bits per heavy atom. The summed E-state index contributed by atoms with van der Waals surface area (Å²) >= 11 is 0. The van der Waals surface area contributed by atoms with Crippen molar-refractivity contribution >= 4 is 11.9 Å². The summed E-state index contributed by atoms with van der Waals surface area (Å²) in [5.41, 5.74) is -0.362. The highest BCUT2D eigenvalue weighted by Crippen LogP contribution is 2.49. The normalized spacial score (nSPS) is 27.1. The van der Waals surface area contributed by atoms with Gasteiger partial charge in [0.05, 0.1) is 30.7 Å². The molecule has 2 aliphatic heterocycles. The van der Waals surface area contributed by atoms with Crippen LogP contribution in [0.5, 0.6) is 5.75 Å². The fraction of sp³-hybridized carbons (Fsp3) is 0.548. The molecule has 41 heavy (non-hydrogen) atoms. The van der Waals surface area contributed by atoms with Gasteiger partial charge in [-0.1, -0.05) is 51.1 Å². The Kier molecular flexibility index (Phi) is 9.04. The monoisotopic (exact) mass is 576 g/mol. The number of likely N-dealkylation sites (tertiary alicyclic amines) is 1. The third-order valence-corrected chi connectivity index (χ3v) is 8.38. The van der Waals surface area contributed by atoms with Crippen LogP contribution in [-0.4, -0.2) is 53.8 Å². The fourth-order valence-electron chi connectivity index (χ4n) is 6.49. The van der Waals surface area contributed by atoms with Crippen molar-refractivity contribution in [3.8, 4) is 5.75 Å². The standard InChI is InChI=1S/C31H39F3N2O5/c1-18-22(12-9-15-41-18)28(37)36-26(19-10-7-6-8-11-19)25(24(30(2,3)4)27(36)29(38)39)35-17-20-16-21(31(32,33)34)13-14-23(20)40-5/h6-8,10-11,13-14,16,18,22,24-27,35H,9,12,15,17H2,1-5H3,(H,38,39)/t18-,22-,24-,25-,26-,27-/m1/s1. The first-order valence-electron chi connectivity index (χ1n) is 13.9. The Bertz CT molecular complexity index is 1230. The second-order valence-corrected chi connectivity index (χ2v) is 12.0. The van der Waals surface area contributed by atoms with Crippen LogP contribution in [0.25, 0.3) is 0 Å². The maximum Gasteiger partial charge on any atom is 0.416 e. The number of amides is 1. The molecule has 0 bridgehead atoms. The molecule has 2 aromatic carbocycles. The molecule has 0 aliphatic carbocycles. The molecule has 2 fully saturated rings. The van der Waals surface area contributed by atoms with Crippen molar-refractivity contribution in [1.82, 2.24) is 10.2 Å². The zero-order valence-electron chi connectivity index (χ0n) is 24.1. The van der Waals surface area contributed by atoms with Crippen LogP contribution in [0.15, 0.2) is 48.5 Å². The predicted molar refractivity (Wildman–Crippen MR) is 147 cm³/mol. The first-order valence-corrected chi connectivity index (χ1v) is 13.9. The highest BCUT2D eigenvalue weighted by molar-refractivity contribution is 5.87. The van der Waals surface area contributed by atoms with E-state index >= 15 is 0 Å². The minimum atomic E-state index is -4.54. The summed E-state index contributed by atoms with van der Waals surface area (Å²) in [6, 6.07) is 10.1. The first-order chi connectivity index (χ1) is 19.3. The molecular formula is C31H39F3N2O5. The number of rotatable bonds is 7. The third-order valence-electron chi connectivity index (χ3n) is 8.38. The van der Waals surface area contributed by atoms with Gasteiger partial charge in [-0.2, -0.15) is 13.2 Å². The molecular weight excluding hydrogens is 537 g/mol. The predicted octanol–water partition coefficient (Wildman–Crippen LogP) is 5.69. The number of nitrogens with zero attached hydrogens (tertiary/aromatic N) is 1. The highest BCUT2D eigenvalue weighted by atomic mass is 19.4. The molecule has 0 unspecified atom stereocenters. The van der Waals surface area contributed by atoms with Crippen LogP contribution in [0.4, 0.5) is 13.2 Å². The summed E-state index contributed by atoms with van der Waals surface area (Å²) in [6.45, 7) is 8.14. The van der Waals surface area contributed by atoms with E-state index in [4.69, 9.17) is 9.47 Å². The summed E-state index contributed by atoms with van der Waals surface area (Å²) in [7, 11) is 1.39. The van der Waals surface area contributed by atoms with Crippen LogP contribution in [-0.2, 0) is 27.0 Å². The summed E-state index contributed by atoms with van der Waals surface area (Å²) in [5, 5.41) is 14.0. The van der Waals surface area contributed by atoms with Crippen LogP contribution in [0.3, 0.4) is 0 Å².